The summed E-state index contributed by atoms with van der Waals surface area (Å²) in [6.45, 7) is 1.53. The van der Waals surface area contributed by atoms with E-state index in [1.807, 2.05) is 0 Å². The van der Waals surface area contributed by atoms with Crippen LogP contribution >= 0.6 is 0 Å². The second-order valence-electron chi connectivity index (χ2n) is 3.10. The quantitative estimate of drug-likeness (QED) is 0.813. The van der Waals surface area contributed by atoms with Crippen molar-refractivity contribution < 1.29 is 18.6 Å². The summed E-state index contributed by atoms with van der Waals surface area (Å²) in [5.41, 5.74) is 0.420. The molecule has 0 aliphatic carbocycles. The van der Waals surface area contributed by atoms with Gasteiger partial charge in [-0.15, -0.1) is 0 Å². The molecule has 0 spiro atoms. The largest absolute Gasteiger partial charge is 0.491 e. The van der Waals surface area contributed by atoms with Crippen molar-refractivity contribution in [1.29, 1.82) is 0 Å². The van der Waals surface area contributed by atoms with Crippen LogP contribution in [0.4, 0.5) is 8.78 Å². The van der Waals surface area contributed by atoms with E-state index in [0.717, 1.165) is 0 Å². The maximum Gasteiger partial charge on any atom is 0.190 e. The van der Waals surface area contributed by atoms with E-state index in [4.69, 9.17) is 5.11 Å². The molecule has 1 aromatic carbocycles. The van der Waals surface area contributed by atoms with Gasteiger partial charge in [0.2, 0.25) is 0 Å². The van der Waals surface area contributed by atoms with E-state index >= 15 is 0 Å². The smallest absolute Gasteiger partial charge is 0.190 e. The molecule has 1 N–H and O–H groups in total. The van der Waals surface area contributed by atoms with Crippen LogP contribution in [0, 0.1) is 11.6 Å². The van der Waals surface area contributed by atoms with E-state index in [1.165, 1.54) is 19.2 Å². The number of hydrogen-bond donors (Lipinski definition) is 1. The van der Waals surface area contributed by atoms with Gasteiger partial charge in [0, 0.05) is 12.5 Å². The van der Waals surface area contributed by atoms with Crippen LogP contribution in [0.1, 0.15) is 18.4 Å². The van der Waals surface area contributed by atoms with Crippen LogP contribution in [-0.4, -0.2) is 18.8 Å². The van der Waals surface area contributed by atoms with Gasteiger partial charge in [-0.2, -0.15) is 0 Å². The zero-order valence-corrected chi connectivity index (χ0v) is 8.05. The number of hydrogen-bond acceptors (Lipinski definition) is 2. The molecule has 0 amide bonds. The lowest BCUT2D eigenvalue weighted by molar-refractivity contribution is 0.272. The monoisotopic (exact) mass is 202 g/mol. The number of halogens is 2. The second kappa shape index (κ2) is 4.37. The van der Waals surface area contributed by atoms with Crippen LogP contribution < -0.4 is 4.74 Å². The molecule has 0 heterocycles. The molecule has 0 bridgehead atoms. The Morgan fingerprint density at radius 2 is 1.86 bits per heavy atom. The molecule has 1 rings (SSSR count). The van der Waals surface area contributed by atoms with Gasteiger partial charge in [0.25, 0.3) is 0 Å². The molecule has 14 heavy (non-hydrogen) atoms. The number of methoxy groups -OCH3 is 1. The van der Waals surface area contributed by atoms with Crippen molar-refractivity contribution in [2.45, 2.75) is 12.8 Å². The minimum atomic E-state index is -0.747. The molecule has 0 aliphatic heterocycles. The van der Waals surface area contributed by atoms with E-state index in [0.29, 0.717) is 5.56 Å². The molecular weight excluding hydrogens is 190 g/mol. The first-order chi connectivity index (χ1) is 6.60. The predicted octanol–water partition coefficient (Wildman–Crippen LogP) is 2.07. The van der Waals surface area contributed by atoms with Gasteiger partial charge in [0.1, 0.15) is 0 Å². The summed E-state index contributed by atoms with van der Waals surface area (Å²) in [6.07, 6.45) is 0. The van der Waals surface area contributed by atoms with Crippen molar-refractivity contribution in [2.24, 2.45) is 0 Å². The topological polar surface area (TPSA) is 29.5 Å². The Labute approximate surface area is 81.1 Å². The number of ether oxygens (including phenoxy) is 1. The molecule has 2 nitrogen and oxygen atoms in total. The van der Waals surface area contributed by atoms with Gasteiger partial charge in [-0.05, 0) is 17.7 Å². The third-order valence-electron chi connectivity index (χ3n) is 2.07. The summed E-state index contributed by atoms with van der Waals surface area (Å²) in [7, 11) is 1.20. The highest BCUT2D eigenvalue weighted by Gasteiger charge is 2.14. The molecule has 4 heteroatoms. The van der Waals surface area contributed by atoms with Crippen molar-refractivity contribution >= 4 is 0 Å². The van der Waals surface area contributed by atoms with E-state index < -0.39 is 11.6 Å². The molecule has 0 saturated carbocycles. The number of rotatable bonds is 3. The third-order valence-corrected chi connectivity index (χ3v) is 2.07. The summed E-state index contributed by atoms with van der Waals surface area (Å²) in [5.74, 6) is -2.17. The summed E-state index contributed by atoms with van der Waals surface area (Å²) >= 11 is 0. The first-order valence-corrected chi connectivity index (χ1v) is 4.24. The highest BCUT2D eigenvalue weighted by Crippen LogP contribution is 2.26. The average molecular weight is 202 g/mol. The van der Waals surface area contributed by atoms with Crippen molar-refractivity contribution in [3.05, 3.63) is 29.3 Å². The van der Waals surface area contributed by atoms with Gasteiger partial charge in [-0.3, -0.25) is 0 Å². The fourth-order valence-corrected chi connectivity index (χ4v) is 1.16. The molecule has 0 saturated heterocycles. The first-order valence-electron chi connectivity index (χ1n) is 4.24. The molecule has 1 atom stereocenters. The van der Waals surface area contributed by atoms with Gasteiger partial charge < -0.3 is 9.84 Å². The lowest BCUT2D eigenvalue weighted by atomic mass is 10.0. The summed E-state index contributed by atoms with van der Waals surface area (Å²) in [6, 6.07) is 2.34. The fourth-order valence-electron chi connectivity index (χ4n) is 1.16. The number of benzene rings is 1. The van der Waals surface area contributed by atoms with Crippen molar-refractivity contribution in [3.8, 4) is 5.75 Å². The van der Waals surface area contributed by atoms with Crippen molar-refractivity contribution in [3.63, 3.8) is 0 Å². The Hall–Kier alpha value is -1.16. The minimum absolute atomic E-state index is 0.148. The summed E-state index contributed by atoms with van der Waals surface area (Å²) in [5, 5.41) is 8.82. The van der Waals surface area contributed by atoms with Crippen molar-refractivity contribution in [1.82, 2.24) is 0 Å². The maximum atomic E-state index is 13.2. The van der Waals surface area contributed by atoms with Crippen LogP contribution in [0.5, 0.6) is 5.75 Å². The fraction of sp³-hybridized carbons (Fsp3) is 0.400. The standard InChI is InChI=1S/C10H12F2O2/c1-6(5-13)7-3-8(11)10(14-2)9(12)4-7/h3-4,6,13H,5H2,1-2H3. The van der Waals surface area contributed by atoms with Crippen LogP contribution in [0.15, 0.2) is 12.1 Å². The normalized spacial score (nSPS) is 12.6. The van der Waals surface area contributed by atoms with Crippen LogP contribution in [0.2, 0.25) is 0 Å². The summed E-state index contributed by atoms with van der Waals surface area (Å²) < 4.78 is 30.9. The highest BCUT2D eigenvalue weighted by molar-refractivity contribution is 5.32. The molecule has 0 fully saturated rings. The van der Waals surface area contributed by atoms with E-state index in [2.05, 4.69) is 4.74 Å². The molecule has 1 unspecified atom stereocenters. The zero-order chi connectivity index (χ0) is 10.7. The second-order valence-corrected chi connectivity index (χ2v) is 3.10. The molecule has 78 valence electrons. The van der Waals surface area contributed by atoms with Crippen LogP contribution in [0.3, 0.4) is 0 Å². The third kappa shape index (κ3) is 2.01. The Bertz CT molecular complexity index is 303. The minimum Gasteiger partial charge on any atom is -0.491 e. The molecular formula is C10H12F2O2. The lowest BCUT2D eigenvalue weighted by Gasteiger charge is -2.10. The first kappa shape index (κ1) is 10.9. The highest BCUT2D eigenvalue weighted by atomic mass is 19.1. The molecule has 0 aliphatic rings. The van der Waals surface area contributed by atoms with E-state index in [9.17, 15) is 8.78 Å². The van der Waals surface area contributed by atoms with Crippen LogP contribution in [-0.2, 0) is 0 Å². The zero-order valence-electron chi connectivity index (χ0n) is 8.05. The molecule has 0 aromatic heterocycles. The van der Waals surface area contributed by atoms with E-state index in [-0.39, 0.29) is 18.3 Å². The number of aliphatic hydroxyl groups is 1. The van der Waals surface area contributed by atoms with Gasteiger partial charge in [-0.1, -0.05) is 6.92 Å². The molecule has 1 aromatic rings. The lowest BCUT2D eigenvalue weighted by Crippen LogP contribution is -2.02. The van der Waals surface area contributed by atoms with Gasteiger partial charge >= 0.3 is 0 Å². The summed E-state index contributed by atoms with van der Waals surface area (Å²) in [4.78, 5) is 0. The average Bonchev–Trinajstić information content (AvgIpc) is 2.16. The predicted molar refractivity (Wildman–Crippen MR) is 48.4 cm³/mol. The molecule has 0 radical (unpaired) electrons. The van der Waals surface area contributed by atoms with Crippen molar-refractivity contribution in [2.75, 3.05) is 13.7 Å². The Kier molecular flexibility index (Phi) is 3.41. The number of aliphatic hydroxyl groups excluding tert-OH is 1. The van der Waals surface area contributed by atoms with Gasteiger partial charge in [-0.25, -0.2) is 8.78 Å². The maximum absolute atomic E-state index is 13.2. The Morgan fingerprint density at radius 1 is 1.36 bits per heavy atom. The SMILES string of the molecule is COc1c(F)cc(C(C)CO)cc1F. The van der Waals surface area contributed by atoms with Crippen LogP contribution in [0.25, 0.3) is 0 Å². The van der Waals surface area contributed by atoms with Gasteiger partial charge in [0.15, 0.2) is 17.4 Å². The Balaban J connectivity index is 3.13. The Morgan fingerprint density at radius 3 is 2.21 bits per heavy atom. The van der Waals surface area contributed by atoms with E-state index in [1.54, 1.807) is 6.92 Å². The van der Waals surface area contributed by atoms with Gasteiger partial charge in [0.05, 0.1) is 7.11 Å².